The number of ether oxygens (including phenoxy) is 1. The molecule has 1 saturated heterocycles. The summed E-state index contributed by atoms with van der Waals surface area (Å²) in [6, 6.07) is 17.1. The smallest absolute Gasteiger partial charge is 0.229 e. The van der Waals surface area contributed by atoms with Crippen LogP contribution in [0.1, 0.15) is 24.0 Å². The fraction of sp³-hybridized carbons (Fsp3) is 0.409. The molecule has 1 heterocycles. The molecule has 1 aliphatic heterocycles. The third kappa shape index (κ3) is 6.87. The largest absolute Gasteiger partial charge is 0.376 e. The summed E-state index contributed by atoms with van der Waals surface area (Å²) in [5, 5.41) is 0. The van der Waals surface area contributed by atoms with Gasteiger partial charge in [0.15, 0.2) is 0 Å². The first-order chi connectivity index (χ1) is 13.9. The average molecular weight is 417 g/mol. The maximum atomic E-state index is 12.8. The predicted octanol–water partition coefficient (Wildman–Crippen LogP) is 3.06. The van der Waals surface area contributed by atoms with Crippen LogP contribution in [0.5, 0.6) is 0 Å². The van der Waals surface area contributed by atoms with Gasteiger partial charge in [-0.2, -0.15) is 0 Å². The number of amides is 1. The van der Waals surface area contributed by atoms with E-state index in [2.05, 4.69) is 4.72 Å². The zero-order valence-electron chi connectivity index (χ0n) is 16.7. The van der Waals surface area contributed by atoms with Crippen LogP contribution in [-0.2, 0) is 32.6 Å². The fourth-order valence-corrected chi connectivity index (χ4v) is 4.19. The van der Waals surface area contributed by atoms with Gasteiger partial charge in [-0.3, -0.25) is 9.52 Å². The number of carbonyl (C=O) groups excluding carboxylic acids is 1. The highest BCUT2D eigenvalue weighted by Crippen LogP contribution is 2.21. The summed E-state index contributed by atoms with van der Waals surface area (Å²) in [5.74, 6) is 0.335. The molecule has 1 amide bonds. The molecule has 0 aliphatic carbocycles. The van der Waals surface area contributed by atoms with Crippen molar-refractivity contribution in [2.75, 3.05) is 30.7 Å². The Labute approximate surface area is 172 Å². The minimum Gasteiger partial charge on any atom is -0.376 e. The van der Waals surface area contributed by atoms with Crippen molar-refractivity contribution in [3.05, 3.63) is 65.7 Å². The van der Waals surface area contributed by atoms with E-state index in [1.165, 1.54) is 0 Å². The molecular formula is C22H28N2O4S. The zero-order valence-corrected chi connectivity index (χ0v) is 17.5. The number of hydrogen-bond acceptors (Lipinski definition) is 4. The Morgan fingerprint density at radius 2 is 1.86 bits per heavy atom. The van der Waals surface area contributed by atoms with Gasteiger partial charge in [0.2, 0.25) is 15.9 Å². The van der Waals surface area contributed by atoms with E-state index in [4.69, 9.17) is 4.74 Å². The molecule has 1 aliphatic rings. The van der Waals surface area contributed by atoms with Crippen LogP contribution in [0.2, 0.25) is 0 Å². The Bertz CT molecular complexity index is 915. The number of likely N-dealkylation sites (tertiary alicyclic amines) is 1. The number of para-hydroxylation sites is 1. The lowest BCUT2D eigenvalue weighted by Gasteiger charge is -2.33. The molecule has 2 aromatic carbocycles. The van der Waals surface area contributed by atoms with E-state index < -0.39 is 10.0 Å². The van der Waals surface area contributed by atoms with E-state index in [1.807, 2.05) is 41.3 Å². The number of sulfonamides is 1. The highest BCUT2D eigenvalue weighted by Gasteiger charge is 2.24. The van der Waals surface area contributed by atoms with E-state index >= 15 is 0 Å². The molecule has 0 saturated carbocycles. The van der Waals surface area contributed by atoms with Crippen LogP contribution in [0, 0.1) is 5.92 Å². The number of rotatable bonds is 8. The van der Waals surface area contributed by atoms with Crippen molar-refractivity contribution in [2.45, 2.75) is 25.9 Å². The molecule has 0 radical (unpaired) electrons. The maximum Gasteiger partial charge on any atom is 0.229 e. The molecule has 6 nitrogen and oxygen atoms in total. The molecule has 7 heteroatoms. The number of anilines is 1. The summed E-state index contributed by atoms with van der Waals surface area (Å²) in [4.78, 5) is 14.7. The number of nitrogens with one attached hydrogen (secondary N) is 1. The number of piperidine rings is 1. The number of carbonyl (C=O) groups is 1. The van der Waals surface area contributed by atoms with Gasteiger partial charge in [0.05, 0.1) is 31.6 Å². The van der Waals surface area contributed by atoms with Gasteiger partial charge in [-0.05, 0) is 36.0 Å². The predicted molar refractivity (Wildman–Crippen MR) is 114 cm³/mol. The Kier molecular flexibility index (Phi) is 7.28. The van der Waals surface area contributed by atoms with Gasteiger partial charge >= 0.3 is 0 Å². The minimum atomic E-state index is -3.39. The summed E-state index contributed by atoms with van der Waals surface area (Å²) in [7, 11) is -3.39. The van der Waals surface area contributed by atoms with Gasteiger partial charge < -0.3 is 9.64 Å². The first-order valence-electron chi connectivity index (χ1n) is 9.86. The van der Waals surface area contributed by atoms with E-state index in [0.29, 0.717) is 36.9 Å². The van der Waals surface area contributed by atoms with Gasteiger partial charge in [0.1, 0.15) is 0 Å². The second-order valence-electron chi connectivity index (χ2n) is 7.56. The molecule has 29 heavy (non-hydrogen) atoms. The van der Waals surface area contributed by atoms with Gasteiger partial charge in [0.25, 0.3) is 0 Å². The molecule has 156 valence electrons. The second-order valence-corrected chi connectivity index (χ2v) is 9.31. The van der Waals surface area contributed by atoms with Crippen LogP contribution in [0.15, 0.2) is 54.6 Å². The quantitative estimate of drug-likeness (QED) is 0.718. The molecule has 2 aromatic rings. The molecule has 1 unspecified atom stereocenters. The van der Waals surface area contributed by atoms with Gasteiger partial charge in [-0.15, -0.1) is 0 Å². The molecule has 0 aromatic heterocycles. The summed E-state index contributed by atoms with van der Waals surface area (Å²) >= 11 is 0. The van der Waals surface area contributed by atoms with E-state index in [9.17, 15) is 13.2 Å². The molecule has 0 spiro atoms. The lowest BCUT2D eigenvalue weighted by atomic mass is 9.98. The molecule has 1 N–H and O–H groups in total. The van der Waals surface area contributed by atoms with Crippen LogP contribution in [-0.4, -0.2) is 45.2 Å². The minimum absolute atomic E-state index is 0.0144. The topological polar surface area (TPSA) is 75.7 Å². The van der Waals surface area contributed by atoms with Crippen molar-refractivity contribution in [3.63, 3.8) is 0 Å². The van der Waals surface area contributed by atoms with Crippen LogP contribution < -0.4 is 4.72 Å². The Balaban J connectivity index is 1.53. The fourth-order valence-electron chi connectivity index (χ4n) is 3.59. The number of benzene rings is 2. The van der Waals surface area contributed by atoms with Crippen molar-refractivity contribution in [1.82, 2.24) is 4.90 Å². The second kappa shape index (κ2) is 9.89. The van der Waals surface area contributed by atoms with Crippen LogP contribution in [0.25, 0.3) is 0 Å². The summed E-state index contributed by atoms with van der Waals surface area (Å²) in [6.45, 7) is 2.62. The summed E-state index contributed by atoms with van der Waals surface area (Å²) in [5.41, 5.74) is 2.29. The Hall–Kier alpha value is -2.38. The molecule has 0 bridgehead atoms. The highest BCUT2D eigenvalue weighted by atomic mass is 32.2. The van der Waals surface area contributed by atoms with E-state index in [-0.39, 0.29) is 12.3 Å². The zero-order chi connectivity index (χ0) is 20.7. The normalized spacial score (nSPS) is 17.1. The molecule has 1 atom stereocenters. The van der Waals surface area contributed by atoms with Crippen molar-refractivity contribution in [1.29, 1.82) is 0 Å². The third-order valence-electron chi connectivity index (χ3n) is 4.99. The lowest BCUT2D eigenvalue weighted by Crippen LogP contribution is -2.42. The monoisotopic (exact) mass is 416 g/mol. The Morgan fingerprint density at radius 3 is 2.62 bits per heavy atom. The standard InChI is InChI=1S/C22H28N2O4S/c1-29(26,27)23-21-12-6-5-11-20(21)14-22(25)24-13-7-10-19(15-24)17-28-16-18-8-3-2-4-9-18/h2-6,8-9,11-12,19,23H,7,10,13-17H2,1H3. The highest BCUT2D eigenvalue weighted by molar-refractivity contribution is 7.92. The van der Waals surface area contributed by atoms with E-state index in [0.717, 1.165) is 31.2 Å². The number of hydrogen-bond donors (Lipinski definition) is 1. The molecular weight excluding hydrogens is 388 g/mol. The summed E-state index contributed by atoms with van der Waals surface area (Å²) in [6.07, 6.45) is 3.28. The van der Waals surface area contributed by atoms with Crippen LogP contribution in [0.4, 0.5) is 5.69 Å². The SMILES string of the molecule is CS(=O)(=O)Nc1ccccc1CC(=O)N1CCCC(COCc2ccccc2)C1. The van der Waals surface area contributed by atoms with Gasteiger partial charge in [0, 0.05) is 13.1 Å². The van der Waals surface area contributed by atoms with Crippen molar-refractivity contribution >= 4 is 21.6 Å². The van der Waals surface area contributed by atoms with E-state index in [1.54, 1.807) is 18.2 Å². The first kappa shape index (κ1) is 21.3. The van der Waals surface area contributed by atoms with Gasteiger partial charge in [-0.1, -0.05) is 48.5 Å². The number of nitrogens with zero attached hydrogens (tertiary/aromatic N) is 1. The maximum absolute atomic E-state index is 12.8. The molecule has 3 rings (SSSR count). The Morgan fingerprint density at radius 1 is 1.14 bits per heavy atom. The average Bonchev–Trinajstić information content (AvgIpc) is 2.69. The molecule has 1 fully saturated rings. The third-order valence-corrected chi connectivity index (χ3v) is 5.58. The van der Waals surface area contributed by atoms with Crippen molar-refractivity contribution < 1.29 is 17.9 Å². The van der Waals surface area contributed by atoms with Crippen molar-refractivity contribution in [3.8, 4) is 0 Å². The first-order valence-corrected chi connectivity index (χ1v) is 11.7. The van der Waals surface area contributed by atoms with Crippen LogP contribution in [0.3, 0.4) is 0 Å². The van der Waals surface area contributed by atoms with Crippen molar-refractivity contribution in [2.24, 2.45) is 5.92 Å². The lowest BCUT2D eigenvalue weighted by molar-refractivity contribution is -0.132. The van der Waals surface area contributed by atoms with Crippen LogP contribution >= 0.6 is 0 Å². The summed E-state index contributed by atoms with van der Waals surface area (Å²) < 4.78 is 31.5. The van der Waals surface area contributed by atoms with Gasteiger partial charge in [-0.25, -0.2) is 8.42 Å².